The number of nitrogens with zero attached hydrogens (tertiary/aromatic N) is 4. The van der Waals surface area contributed by atoms with Crippen molar-refractivity contribution < 1.29 is 4.74 Å². The van der Waals surface area contributed by atoms with Crippen molar-refractivity contribution in [3.05, 3.63) is 46.1 Å². The molecule has 0 unspecified atom stereocenters. The van der Waals surface area contributed by atoms with Crippen molar-refractivity contribution in [2.24, 2.45) is 7.05 Å². The summed E-state index contributed by atoms with van der Waals surface area (Å²) in [7, 11) is 3.46. The van der Waals surface area contributed by atoms with Gasteiger partial charge < -0.3 is 14.6 Å². The van der Waals surface area contributed by atoms with E-state index in [0.717, 1.165) is 18.7 Å². The smallest absolute Gasteiger partial charge is 0.262 e. The second-order valence-electron chi connectivity index (χ2n) is 5.68. The number of hydrogen-bond donors (Lipinski definition) is 1. The maximum atomic E-state index is 12.1. The van der Waals surface area contributed by atoms with Gasteiger partial charge in [-0.1, -0.05) is 0 Å². The Hall–Kier alpha value is -2.83. The lowest BCUT2D eigenvalue weighted by molar-refractivity contribution is 0.414. The van der Waals surface area contributed by atoms with Crippen molar-refractivity contribution in [1.29, 1.82) is 0 Å². The van der Waals surface area contributed by atoms with Crippen LogP contribution in [0.4, 0.5) is 5.69 Å². The van der Waals surface area contributed by atoms with Crippen molar-refractivity contribution in [3.8, 4) is 5.75 Å². The Bertz CT molecular complexity index is 943. The summed E-state index contributed by atoms with van der Waals surface area (Å²) in [5.41, 5.74) is 2.89. The molecule has 0 aliphatic carbocycles. The van der Waals surface area contributed by atoms with E-state index in [-0.39, 0.29) is 5.56 Å². The minimum atomic E-state index is -0.146. The predicted octanol–water partition coefficient (Wildman–Crippen LogP) is 1.23. The van der Waals surface area contributed by atoms with Crippen molar-refractivity contribution in [3.63, 3.8) is 0 Å². The van der Waals surface area contributed by atoms with Crippen LogP contribution in [0.5, 0.6) is 5.75 Å². The molecule has 0 amide bonds. The zero-order valence-electron chi connectivity index (χ0n) is 13.0. The monoisotopic (exact) mass is 311 g/mol. The number of anilines is 1. The highest BCUT2D eigenvalue weighted by Gasteiger charge is 2.21. The molecular weight excluding hydrogens is 294 g/mol. The number of aromatic nitrogens is 4. The molecular formula is C16H17N5O2. The number of nitrogens with one attached hydrogen (secondary N) is 1. The van der Waals surface area contributed by atoms with Crippen molar-refractivity contribution in [1.82, 2.24) is 19.7 Å². The molecule has 1 aromatic carbocycles. The van der Waals surface area contributed by atoms with Crippen LogP contribution in [-0.4, -0.2) is 33.4 Å². The van der Waals surface area contributed by atoms with Crippen molar-refractivity contribution >= 4 is 16.7 Å². The standard InChI is InChI=1S/C16H17N5O2/c1-20-15-12(8-17-20)16(22)19-14(18-15)9-21-6-5-10-7-11(23-2)3-4-13(10)21/h3-4,7-8H,5-6,9H2,1-2H3,(H,18,19,22). The Labute approximate surface area is 132 Å². The number of aromatic amines is 1. The van der Waals surface area contributed by atoms with Gasteiger partial charge >= 0.3 is 0 Å². The topological polar surface area (TPSA) is 76.0 Å². The molecule has 118 valence electrons. The molecule has 0 saturated heterocycles. The van der Waals surface area contributed by atoms with Gasteiger partial charge in [-0.05, 0) is 30.2 Å². The highest BCUT2D eigenvalue weighted by molar-refractivity contribution is 5.73. The zero-order valence-corrected chi connectivity index (χ0v) is 13.0. The maximum Gasteiger partial charge on any atom is 0.262 e. The molecule has 1 aliphatic rings. The van der Waals surface area contributed by atoms with Crippen LogP contribution in [0.1, 0.15) is 11.4 Å². The molecule has 3 heterocycles. The first-order chi connectivity index (χ1) is 11.2. The largest absolute Gasteiger partial charge is 0.497 e. The summed E-state index contributed by atoms with van der Waals surface area (Å²) < 4.78 is 6.90. The van der Waals surface area contributed by atoms with E-state index >= 15 is 0 Å². The van der Waals surface area contributed by atoms with E-state index in [1.54, 1.807) is 25.0 Å². The van der Waals surface area contributed by atoms with Crippen LogP contribution >= 0.6 is 0 Å². The van der Waals surface area contributed by atoms with Gasteiger partial charge in [0.05, 0.1) is 19.9 Å². The Morgan fingerprint density at radius 2 is 2.26 bits per heavy atom. The first-order valence-corrected chi connectivity index (χ1v) is 7.48. The molecule has 0 fully saturated rings. The number of H-pyrrole nitrogens is 1. The van der Waals surface area contributed by atoms with Crippen molar-refractivity contribution in [2.75, 3.05) is 18.6 Å². The Kier molecular flexibility index (Phi) is 3.07. The van der Waals surface area contributed by atoms with Gasteiger partial charge in [-0.3, -0.25) is 9.48 Å². The van der Waals surface area contributed by atoms with E-state index in [1.165, 1.54) is 11.3 Å². The van der Waals surface area contributed by atoms with E-state index in [0.29, 0.717) is 23.4 Å². The van der Waals surface area contributed by atoms with Crippen molar-refractivity contribution in [2.45, 2.75) is 13.0 Å². The number of rotatable bonds is 3. The zero-order chi connectivity index (χ0) is 16.0. The van der Waals surface area contributed by atoms with Gasteiger partial charge in [0.2, 0.25) is 0 Å². The van der Waals surface area contributed by atoms with Crippen LogP contribution in [0.3, 0.4) is 0 Å². The molecule has 0 bridgehead atoms. The Balaban J connectivity index is 1.68. The fraction of sp³-hybridized carbons (Fsp3) is 0.312. The fourth-order valence-corrected chi connectivity index (χ4v) is 3.07. The normalized spacial score (nSPS) is 13.6. The molecule has 3 aromatic rings. The predicted molar refractivity (Wildman–Crippen MR) is 86.9 cm³/mol. The molecule has 4 rings (SSSR count). The lowest BCUT2D eigenvalue weighted by Crippen LogP contribution is -2.23. The molecule has 23 heavy (non-hydrogen) atoms. The second kappa shape index (κ2) is 5.12. The molecule has 0 saturated carbocycles. The highest BCUT2D eigenvalue weighted by Crippen LogP contribution is 2.31. The maximum absolute atomic E-state index is 12.1. The molecule has 1 N–H and O–H groups in total. The lowest BCUT2D eigenvalue weighted by atomic mass is 10.1. The Morgan fingerprint density at radius 3 is 3.09 bits per heavy atom. The summed E-state index contributed by atoms with van der Waals surface area (Å²) in [6, 6.07) is 6.08. The first-order valence-electron chi connectivity index (χ1n) is 7.48. The summed E-state index contributed by atoms with van der Waals surface area (Å²) in [5.74, 6) is 1.52. The van der Waals surface area contributed by atoms with Gasteiger partial charge in [-0.2, -0.15) is 5.10 Å². The third-order valence-electron chi connectivity index (χ3n) is 4.27. The van der Waals surface area contributed by atoms with Gasteiger partial charge in [0.1, 0.15) is 17.0 Å². The first kappa shape index (κ1) is 13.8. The molecule has 0 atom stereocenters. The van der Waals surface area contributed by atoms with E-state index in [4.69, 9.17) is 4.74 Å². The third-order valence-corrected chi connectivity index (χ3v) is 4.27. The summed E-state index contributed by atoms with van der Waals surface area (Å²) in [6.45, 7) is 1.46. The van der Waals surface area contributed by atoms with E-state index in [2.05, 4.69) is 32.1 Å². The van der Waals surface area contributed by atoms with Gasteiger partial charge in [0.25, 0.3) is 5.56 Å². The number of hydrogen-bond acceptors (Lipinski definition) is 5. The Morgan fingerprint density at radius 1 is 1.39 bits per heavy atom. The van der Waals surface area contributed by atoms with Crippen LogP contribution < -0.4 is 15.2 Å². The van der Waals surface area contributed by atoms with Crippen LogP contribution in [0.25, 0.3) is 11.0 Å². The van der Waals surface area contributed by atoms with Crippen LogP contribution in [0, 0.1) is 0 Å². The van der Waals surface area contributed by atoms with Gasteiger partial charge in [0.15, 0.2) is 5.65 Å². The summed E-state index contributed by atoms with van der Waals surface area (Å²) in [6.07, 6.45) is 2.51. The van der Waals surface area contributed by atoms with Gasteiger partial charge in [0, 0.05) is 19.3 Å². The number of benzene rings is 1. The van der Waals surface area contributed by atoms with E-state index in [1.807, 2.05) is 6.07 Å². The number of ether oxygens (including phenoxy) is 1. The van der Waals surface area contributed by atoms with Crippen LogP contribution in [0.15, 0.2) is 29.2 Å². The van der Waals surface area contributed by atoms with Crippen LogP contribution in [0.2, 0.25) is 0 Å². The fourth-order valence-electron chi connectivity index (χ4n) is 3.07. The summed E-state index contributed by atoms with van der Waals surface area (Å²) >= 11 is 0. The molecule has 0 radical (unpaired) electrons. The number of methoxy groups -OCH3 is 1. The summed E-state index contributed by atoms with van der Waals surface area (Å²) in [4.78, 5) is 21.8. The van der Waals surface area contributed by atoms with Gasteiger partial charge in [-0.15, -0.1) is 0 Å². The SMILES string of the molecule is COc1ccc2c(c1)CCN2Cc1nc2c(cnn2C)c(=O)[nH]1. The third kappa shape index (κ3) is 2.25. The average Bonchev–Trinajstić information content (AvgIpc) is 3.12. The minimum absolute atomic E-state index is 0.146. The lowest BCUT2D eigenvalue weighted by Gasteiger charge is -2.18. The van der Waals surface area contributed by atoms with E-state index < -0.39 is 0 Å². The van der Waals surface area contributed by atoms with E-state index in [9.17, 15) is 4.79 Å². The average molecular weight is 311 g/mol. The molecule has 7 nitrogen and oxygen atoms in total. The quantitative estimate of drug-likeness (QED) is 0.787. The van der Waals surface area contributed by atoms with Gasteiger partial charge in [-0.25, -0.2) is 4.98 Å². The molecule has 1 aliphatic heterocycles. The second-order valence-corrected chi connectivity index (χ2v) is 5.68. The number of aryl methyl sites for hydroxylation is 1. The van der Waals surface area contributed by atoms with Crippen LogP contribution in [-0.2, 0) is 20.0 Å². The molecule has 7 heteroatoms. The molecule has 0 spiro atoms. The summed E-state index contributed by atoms with van der Waals surface area (Å²) in [5, 5.41) is 4.61. The number of fused-ring (bicyclic) bond motifs is 2. The molecule has 2 aromatic heterocycles. The highest BCUT2D eigenvalue weighted by atomic mass is 16.5. The minimum Gasteiger partial charge on any atom is -0.497 e.